The minimum absolute atomic E-state index is 0.403. The highest BCUT2D eigenvalue weighted by molar-refractivity contribution is 5.73. The molecule has 1 aliphatic rings. The monoisotopic (exact) mass is 205 g/mol. The van der Waals surface area contributed by atoms with Crippen LogP contribution in [-0.2, 0) is 11.2 Å². The molecule has 0 amide bonds. The number of nitrogens with two attached hydrogens (primary N) is 1. The maximum atomic E-state index is 10.6. The fourth-order valence-electron chi connectivity index (χ4n) is 1.68. The molecule has 2 rings (SSSR count). The van der Waals surface area contributed by atoms with Crippen LogP contribution in [0.25, 0.3) is 0 Å². The summed E-state index contributed by atoms with van der Waals surface area (Å²) in [4.78, 5) is 10.6. The van der Waals surface area contributed by atoms with Gasteiger partial charge in [0.15, 0.2) is 0 Å². The highest BCUT2D eigenvalue weighted by Crippen LogP contribution is 2.39. The molecule has 1 saturated carbocycles. The minimum atomic E-state index is -0.943. The Hall–Kier alpha value is -1.35. The fourth-order valence-corrected chi connectivity index (χ4v) is 1.68. The Labute approximate surface area is 88.9 Å². The van der Waals surface area contributed by atoms with Crippen molar-refractivity contribution in [3.8, 4) is 0 Å². The Kier molecular flexibility index (Phi) is 2.73. The van der Waals surface area contributed by atoms with Crippen molar-refractivity contribution in [3.05, 3.63) is 35.4 Å². The van der Waals surface area contributed by atoms with Gasteiger partial charge in [-0.2, -0.15) is 0 Å². The molecule has 3 heteroatoms. The molecule has 0 spiro atoms. The molecular weight excluding hydrogens is 190 g/mol. The van der Waals surface area contributed by atoms with Gasteiger partial charge in [0.05, 0.1) is 0 Å². The fraction of sp³-hybridized carbons (Fsp3) is 0.417. The van der Waals surface area contributed by atoms with E-state index in [1.165, 1.54) is 18.4 Å². The van der Waals surface area contributed by atoms with Crippen molar-refractivity contribution in [1.29, 1.82) is 0 Å². The zero-order chi connectivity index (χ0) is 10.8. The summed E-state index contributed by atoms with van der Waals surface area (Å²) < 4.78 is 0. The molecule has 15 heavy (non-hydrogen) atoms. The lowest BCUT2D eigenvalue weighted by Gasteiger charge is -2.06. The first-order valence-corrected chi connectivity index (χ1v) is 5.24. The first kappa shape index (κ1) is 10.2. The molecule has 1 fully saturated rings. The van der Waals surface area contributed by atoms with Crippen LogP contribution in [0.3, 0.4) is 0 Å². The van der Waals surface area contributed by atoms with E-state index in [1.54, 1.807) is 0 Å². The molecule has 0 aromatic heterocycles. The van der Waals surface area contributed by atoms with Gasteiger partial charge in [0, 0.05) is 0 Å². The first-order valence-electron chi connectivity index (χ1n) is 5.24. The number of aliphatic carboxylic acids is 1. The SMILES string of the molecule is N[C@H](Cc1ccc(C2CC2)cc1)C(=O)O. The van der Waals surface area contributed by atoms with Crippen molar-refractivity contribution in [2.75, 3.05) is 0 Å². The molecule has 0 saturated heterocycles. The molecule has 0 bridgehead atoms. The standard InChI is InChI=1S/C12H15NO2/c13-11(12(14)15)7-8-1-3-9(4-2-8)10-5-6-10/h1-4,10-11H,5-7,13H2,(H,14,15)/t11-/m1/s1. The van der Waals surface area contributed by atoms with Gasteiger partial charge in [-0.05, 0) is 36.3 Å². The zero-order valence-electron chi connectivity index (χ0n) is 8.52. The Morgan fingerprint density at radius 3 is 2.47 bits per heavy atom. The zero-order valence-corrected chi connectivity index (χ0v) is 8.52. The molecule has 1 aromatic rings. The minimum Gasteiger partial charge on any atom is -0.480 e. The average molecular weight is 205 g/mol. The topological polar surface area (TPSA) is 63.3 Å². The van der Waals surface area contributed by atoms with E-state index in [0.29, 0.717) is 6.42 Å². The van der Waals surface area contributed by atoms with Gasteiger partial charge in [0.1, 0.15) is 6.04 Å². The van der Waals surface area contributed by atoms with E-state index in [1.807, 2.05) is 12.1 Å². The van der Waals surface area contributed by atoms with E-state index in [2.05, 4.69) is 12.1 Å². The lowest BCUT2D eigenvalue weighted by molar-refractivity contribution is -0.138. The number of carboxylic acids is 1. The van der Waals surface area contributed by atoms with E-state index in [-0.39, 0.29) is 0 Å². The summed E-state index contributed by atoms with van der Waals surface area (Å²) in [7, 11) is 0. The molecule has 0 unspecified atom stereocenters. The lowest BCUT2D eigenvalue weighted by Crippen LogP contribution is -2.32. The van der Waals surface area contributed by atoms with E-state index in [4.69, 9.17) is 10.8 Å². The summed E-state index contributed by atoms with van der Waals surface area (Å²) >= 11 is 0. The third-order valence-corrected chi connectivity index (χ3v) is 2.80. The van der Waals surface area contributed by atoms with Crippen molar-refractivity contribution in [2.24, 2.45) is 5.73 Å². The normalized spacial score (nSPS) is 17.4. The molecule has 0 heterocycles. The Balaban J connectivity index is 2.00. The molecular formula is C12H15NO2. The van der Waals surface area contributed by atoms with Crippen LogP contribution in [0, 0.1) is 0 Å². The average Bonchev–Trinajstić information content (AvgIpc) is 3.02. The number of hydrogen-bond acceptors (Lipinski definition) is 2. The van der Waals surface area contributed by atoms with Crippen LogP contribution in [-0.4, -0.2) is 17.1 Å². The molecule has 0 radical (unpaired) electrons. The van der Waals surface area contributed by atoms with Gasteiger partial charge in [-0.15, -0.1) is 0 Å². The van der Waals surface area contributed by atoms with Crippen molar-refractivity contribution in [2.45, 2.75) is 31.2 Å². The van der Waals surface area contributed by atoms with Gasteiger partial charge in [-0.1, -0.05) is 24.3 Å². The number of carbonyl (C=O) groups is 1. The second-order valence-corrected chi connectivity index (χ2v) is 4.16. The third-order valence-electron chi connectivity index (χ3n) is 2.80. The summed E-state index contributed by atoms with van der Waals surface area (Å²) in [6.45, 7) is 0. The molecule has 3 nitrogen and oxygen atoms in total. The summed E-state index contributed by atoms with van der Waals surface area (Å²) in [5.41, 5.74) is 7.82. The maximum absolute atomic E-state index is 10.6. The highest BCUT2D eigenvalue weighted by atomic mass is 16.4. The summed E-state index contributed by atoms with van der Waals surface area (Å²) in [6.07, 6.45) is 2.97. The largest absolute Gasteiger partial charge is 0.480 e. The van der Waals surface area contributed by atoms with Crippen LogP contribution < -0.4 is 5.73 Å². The van der Waals surface area contributed by atoms with Crippen LogP contribution in [0.1, 0.15) is 29.9 Å². The summed E-state index contributed by atoms with van der Waals surface area (Å²) in [5.74, 6) is -0.200. The van der Waals surface area contributed by atoms with E-state index in [9.17, 15) is 4.79 Å². The second-order valence-electron chi connectivity index (χ2n) is 4.16. The van der Waals surface area contributed by atoms with Crippen molar-refractivity contribution in [3.63, 3.8) is 0 Å². The number of carboxylic acid groups (broad SMARTS) is 1. The molecule has 0 aliphatic heterocycles. The predicted molar refractivity (Wildman–Crippen MR) is 57.7 cm³/mol. The van der Waals surface area contributed by atoms with Crippen molar-refractivity contribution >= 4 is 5.97 Å². The second kappa shape index (κ2) is 4.03. The van der Waals surface area contributed by atoms with Gasteiger partial charge in [0.2, 0.25) is 0 Å². The van der Waals surface area contributed by atoms with Crippen LogP contribution in [0.4, 0.5) is 0 Å². The Morgan fingerprint density at radius 2 is 2.00 bits per heavy atom. The van der Waals surface area contributed by atoms with Crippen molar-refractivity contribution < 1.29 is 9.90 Å². The van der Waals surface area contributed by atoms with Gasteiger partial charge in [-0.25, -0.2) is 0 Å². The third kappa shape index (κ3) is 2.57. The van der Waals surface area contributed by atoms with Crippen LogP contribution in [0.2, 0.25) is 0 Å². The molecule has 80 valence electrons. The smallest absolute Gasteiger partial charge is 0.320 e. The van der Waals surface area contributed by atoms with E-state index < -0.39 is 12.0 Å². The summed E-state index contributed by atoms with van der Waals surface area (Å²) in [6, 6.07) is 7.34. The predicted octanol–water partition coefficient (Wildman–Crippen LogP) is 1.52. The number of benzene rings is 1. The van der Waals surface area contributed by atoms with Gasteiger partial charge < -0.3 is 10.8 Å². The first-order chi connectivity index (χ1) is 7.16. The quantitative estimate of drug-likeness (QED) is 0.783. The van der Waals surface area contributed by atoms with Crippen molar-refractivity contribution in [1.82, 2.24) is 0 Å². The van der Waals surface area contributed by atoms with E-state index in [0.717, 1.165) is 11.5 Å². The molecule has 1 aliphatic carbocycles. The number of rotatable bonds is 4. The Bertz CT molecular complexity index is 354. The van der Waals surface area contributed by atoms with Crippen LogP contribution in [0.15, 0.2) is 24.3 Å². The maximum Gasteiger partial charge on any atom is 0.320 e. The number of hydrogen-bond donors (Lipinski definition) is 2. The van der Waals surface area contributed by atoms with Crippen LogP contribution >= 0.6 is 0 Å². The van der Waals surface area contributed by atoms with Crippen LogP contribution in [0.5, 0.6) is 0 Å². The van der Waals surface area contributed by atoms with Gasteiger partial charge >= 0.3 is 5.97 Å². The Morgan fingerprint density at radius 1 is 1.40 bits per heavy atom. The molecule has 1 atom stereocenters. The lowest BCUT2D eigenvalue weighted by atomic mass is 10.0. The highest BCUT2D eigenvalue weighted by Gasteiger charge is 2.23. The van der Waals surface area contributed by atoms with Gasteiger partial charge in [-0.3, -0.25) is 4.79 Å². The molecule has 3 N–H and O–H groups in total. The summed E-state index contributed by atoms with van der Waals surface area (Å²) in [5, 5.41) is 8.67. The van der Waals surface area contributed by atoms with Gasteiger partial charge in [0.25, 0.3) is 0 Å². The molecule has 1 aromatic carbocycles. The van der Waals surface area contributed by atoms with E-state index >= 15 is 0 Å².